The summed E-state index contributed by atoms with van der Waals surface area (Å²) in [7, 11) is -3.18. The number of rotatable bonds is 5. The Labute approximate surface area is 119 Å². The van der Waals surface area contributed by atoms with Crippen molar-refractivity contribution in [1.29, 1.82) is 0 Å². The molecule has 1 rings (SSSR count). The quantitative estimate of drug-likeness (QED) is 0.857. The maximum absolute atomic E-state index is 12.5. The van der Waals surface area contributed by atoms with Crippen LogP contribution in [0, 0.1) is 13.8 Å². The summed E-state index contributed by atoms with van der Waals surface area (Å²) in [5.74, 6) is -1.68. The molecule has 120 valence electrons. The van der Waals surface area contributed by atoms with Gasteiger partial charge in [0.2, 0.25) is 10.0 Å². The second kappa shape index (κ2) is 5.64. The van der Waals surface area contributed by atoms with E-state index in [1.807, 2.05) is 0 Å². The molecular weight excluding hydrogens is 315 g/mol. The highest BCUT2D eigenvalue weighted by atomic mass is 32.2. The van der Waals surface area contributed by atoms with Crippen molar-refractivity contribution < 1.29 is 31.5 Å². The number of halogens is 3. The molecule has 0 fully saturated rings. The maximum atomic E-state index is 12.5. The van der Waals surface area contributed by atoms with Crippen molar-refractivity contribution >= 4 is 16.0 Å². The molecule has 0 unspecified atom stereocenters. The van der Waals surface area contributed by atoms with Gasteiger partial charge in [0.05, 0.1) is 11.4 Å². The largest absolute Gasteiger partial charge is 0.480 e. The van der Waals surface area contributed by atoms with Gasteiger partial charge in [-0.15, -0.1) is 0 Å². The third-order valence-electron chi connectivity index (χ3n) is 2.71. The monoisotopic (exact) mass is 329 g/mol. The summed E-state index contributed by atoms with van der Waals surface area (Å²) in [5, 5.41) is 12.5. The number of aryl methyl sites for hydroxylation is 2. The number of sulfonamides is 1. The Balaban J connectivity index is 3.36. The molecule has 1 heterocycles. The van der Waals surface area contributed by atoms with Crippen LogP contribution in [0.1, 0.15) is 11.4 Å². The van der Waals surface area contributed by atoms with Crippen LogP contribution in [0.4, 0.5) is 13.2 Å². The number of carboxylic acid groups (broad SMARTS) is 1. The minimum Gasteiger partial charge on any atom is -0.480 e. The van der Waals surface area contributed by atoms with Gasteiger partial charge in [-0.25, -0.2) is 8.42 Å². The second-order valence-corrected chi connectivity index (χ2v) is 6.28. The molecular formula is C10H14F3N3O4S. The standard InChI is InChI=1S/C10H14F3N3O4S/c1-6-9(7(2)15(3)14-6)21(19,20)16(4-8(17)18)5-10(11,12)13/h4-5H2,1-3H3,(H,17,18). The summed E-state index contributed by atoms with van der Waals surface area (Å²) in [6, 6.07) is 0. The summed E-state index contributed by atoms with van der Waals surface area (Å²) in [5.41, 5.74) is 0.137. The van der Waals surface area contributed by atoms with Gasteiger partial charge in [0.1, 0.15) is 18.0 Å². The third-order valence-corrected chi connectivity index (χ3v) is 4.75. The predicted molar refractivity (Wildman–Crippen MR) is 65.1 cm³/mol. The lowest BCUT2D eigenvalue weighted by atomic mass is 10.4. The van der Waals surface area contributed by atoms with Crippen molar-refractivity contribution in [2.24, 2.45) is 7.05 Å². The van der Waals surface area contributed by atoms with Gasteiger partial charge in [-0.3, -0.25) is 9.48 Å². The zero-order valence-electron chi connectivity index (χ0n) is 11.5. The van der Waals surface area contributed by atoms with Gasteiger partial charge < -0.3 is 5.11 Å². The van der Waals surface area contributed by atoms with E-state index in [9.17, 15) is 26.4 Å². The summed E-state index contributed by atoms with van der Waals surface area (Å²) < 4.78 is 63.2. The molecule has 0 bridgehead atoms. The minimum absolute atomic E-state index is 0.00700. The first-order valence-electron chi connectivity index (χ1n) is 5.65. The number of hydrogen-bond acceptors (Lipinski definition) is 4. The van der Waals surface area contributed by atoms with Crippen molar-refractivity contribution in [2.45, 2.75) is 24.9 Å². The lowest BCUT2D eigenvalue weighted by Gasteiger charge is -2.21. The van der Waals surface area contributed by atoms with E-state index in [1.165, 1.54) is 25.6 Å². The first-order valence-corrected chi connectivity index (χ1v) is 7.09. The van der Waals surface area contributed by atoms with Gasteiger partial charge in [-0.1, -0.05) is 0 Å². The van der Waals surface area contributed by atoms with Crippen LogP contribution in [0.15, 0.2) is 4.90 Å². The molecule has 0 radical (unpaired) electrons. The Morgan fingerprint density at radius 1 is 1.38 bits per heavy atom. The molecule has 0 aromatic carbocycles. The van der Waals surface area contributed by atoms with Crippen LogP contribution in [0.2, 0.25) is 0 Å². The van der Waals surface area contributed by atoms with Crippen molar-refractivity contribution in [2.75, 3.05) is 13.1 Å². The van der Waals surface area contributed by atoms with E-state index < -0.39 is 40.2 Å². The van der Waals surface area contributed by atoms with Crippen molar-refractivity contribution in [3.63, 3.8) is 0 Å². The van der Waals surface area contributed by atoms with Crippen LogP contribution in [0.5, 0.6) is 0 Å². The highest BCUT2D eigenvalue weighted by molar-refractivity contribution is 7.89. The highest BCUT2D eigenvalue weighted by Crippen LogP contribution is 2.26. The van der Waals surface area contributed by atoms with Crippen LogP contribution < -0.4 is 0 Å². The molecule has 1 aromatic heterocycles. The number of hydrogen-bond donors (Lipinski definition) is 1. The summed E-state index contributed by atoms with van der Waals surface area (Å²) >= 11 is 0. The molecule has 0 aliphatic heterocycles. The Hall–Kier alpha value is -1.62. The Bertz CT molecular complexity index is 651. The molecule has 0 amide bonds. The average Bonchev–Trinajstić information content (AvgIpc) is 2.49. The summed E-state index contributed by atoms with van der Waals surface area (Å²) in [6.07, 6.45) is -4.85. The normalized spacial score (nSPS) is 12.9. The Morgan fingerprint density at radius 2 is 1.90 bits per heavy atom. The Morgan fingerprint density at radius 3 is 2.24 bits per heavy atom. The van der Waals surface area contributed by atoms with Crippen molar-refractivity contribution in [3.8, 4) is 0 Å². The van der Waals surface area contributed by atoms with E-state index >= 15 is 0 Å². The summed E-state index contributed by atoms with van der Waals surface area (Å²) in [6.45, 7) is -0.461. The SMILES string of the molecule is Cc1nn(C)c(C)c1S(=O)(=O)N(CC(=O)O)CC(F)(F)F. The zero-order chi connectivity index (χ0) is 16.6. The smallest absolute Gasteiger partial charge is 0.402 e. The highest BCUT2D eigenvalue weighted by Gasteiger charge is 2.40. The number of alkyl halides is 3. The fourth-order valence-electron chi connectivity index (χ4n) is 1.83. The molecule has 21 heavy (non-hydrogen) atoms. The molecule has 7 nitrogen and oxygen atoms in total. The number of aromatic nitrogens is 2. The molecule has 1 N–H and O–H groups in total. The van der Waals surface area contributed by atoms with E-state index in [4.69, 9.17) is 5.11 Å². The minimum atomic E-state index is -4.85. The van der Waals surface area contributed by atoms with E-state index in [0.29, 0.717) is 0 Å². The van der Waals surface area contributed by atoms with Gasteiger partial charge in [0, 0.05) is 7.05 Å². The molecule has 11 heteroatoms. The van der Waals surface area contributed by atoms with Gasteiger partial charge in [0.15, 0.2) is 0 Å². The molecule has 0 aliphatic carbocycles. The zero-order valence-corrected chi connectivity index (χ0v) is 12.3. The van der Waals surface area contributed by atoms with E-state index in [2.05, 4.69) is 5.10 Å². The molecule has 0 aliphatic rings. The average molecular weight is 329 g/mol. The van der Waals surface area contributed by atoms with Crippen LogP contribution in [-0.4, -0.2) is 52.8 Å². The number of aliphatic carboxylic acids is 1. The fraction of sp³-hybridized carbons (Fsp3) is 0.600. The topological polar surface area (TPSA) is 92.5 Å². The number of nitrogens with zero attached hydrogens (tertiary/aromatic N) is 3. The predicted octanol–water partition coefficient (Wildman–Crippen LogP) is 0.675. The lowest BCUT2D eigenvalue weighted by molar-refractivity contribution is -0.146. The second-order valence-electron chi connectivity index (χ2n) is 4.41. The van der Waals surface area contributed by atoms with Crippen LogP contribution in [0.3, 0.4) is 0 Å². The first kappa shape index (κ1) is 17.4. The number of carbonyl (C=O) groups is 1. The van der Waals surface area contributed by atoms with E-state index in [1.54, 1.807) is 0 Å². The van der Waals surface area contributed by atoms with Gasteiger partial charge in [-0.05, 0) is 13.8 Å². The molecule has 0 spiro atoms. The molecule has 0 saturated carbocycles. The van der Waals surface area contributed by atoms with E-state index in [-0.39, 0.29) is 15.7 Å². The van der Waals surface area contributed by atoms with Crippen molar-refractivity contribution in [3.05, 3.63) is 11.4 Å². The van der Waals surface area contributed by atoms with E-state index in [0.717, 1.165) is 0 Å². The van der Waals surface area contributed by atoms with Gasteiger partial charge in [0.25, 0.3) is 0 Å². The van der Waals surface area contributed by atoms with Crippen LogP contribution >= 0.6 is 0 Å². The third kappa shape index (κ3) is 3.94. The van der Waals surface area contributed by atoms with Crippen molar-refractivity contribution in [1.82, 2.24) is 14.1 Å². The lowest BCUT2D eigenvalue weighted by Crippen LogP contribution is -2.42. The number of carboxylic acids is 1. The first-order chi connectivity index (χ1) is 9.36. The Kier molecular flexibility index (Phi) is 4.68. The molecule has 0 saturated heterocycles. The fourth-order valence-corrected chi connectivity index (χ4v) is 3.61. The molecule has 1 aromatic rings. The van der Waals surface area contributed by atoms with Crippen LogP contribution in [-0.2, 0) is 21.9 Å². The maximum Gasteiger partial charge on any atom is 0.402 e. The van der Waals surface area contributed by atoms with Gasteiger partial charge in [-0.2, -0.15) is 22.6 Å². The summed E-state index contributed by atoms with van der Waals surface area (Å²) in [4.78, 5) is 10.2. The molecule has 0 atom stereocenters. The van der Waals surface area contributed by atoms with Crippen LogP contribution in [0.25, 0.3) is 0 Å². The van der Waals surface area contributed by atoms with Gasteiger partial charge >= 0.3 is 12.1 Å².